The van der Waals surface area contributed by atoms with Gasteiger partial charge in [0, 0.05) is 32.2 Å². The topological polar surface area (TPSA) is 65.5 Å². The van der Waals surface area contributed by atoms with E-state index in [1.165, 1.54) is 6.07 Å². The van der Waals surface area contributed by atoms with Crippen molar-refractivity contribution >= 4 is 35.8 Å². The predicted molar refractivity (Wildman–Crippen MR) is 102 cm³/mol. The summed E-state index contributed by atoms with van der Waals surface area (Å²) in [4.78, 5) is 16.0. The fourth-order valence-electron chi connectivity index (χ4n) is 1.83. The largest absolute Gasteiger partial charge is 0.356 e. The van der Waals surface area contributed by atoms with Gasteiger partial charge < -0.3 is 16.0 Å². The Balaban J connectivity index is 0.00000484. The molecule has 130 valence electrons. The molecule has 1 aromatic rings. The fraction of sp³-hybridized carbons (Fsp3) is 0.500. The van der Waals surface area contributed by atoms with Gasteiger partial charge in [-0.2, -0.15) is 0 Å². The minimum atomic E-state index is -0.564. The average Bonchev–Trinajstić information content (AvgIpc) is 2.49. The second-order valence-electron chi connectivity index (χ2n) is 5.61. The molecule has 1 amide bonds. The van der Waals surface area contributed by atoms with Crippen LogP contribution in [-0.2, 0) is 11.3 Å². The summed E-state index contributed by atoms with van der Waals surface area (Å²) >= 11 is 0. The summed E-state index contributed by atoms with van der Waals surface area (Å²) in [5, 5.41) is 8.94. The Morgan fingerprint density at radius 3 is 2.43 bits per heavy atom. The lowest BCUT2D eigenvalue weighted by atomic mass is 9.92. The van der Waals surface area contributed by atoms with Gasteiger partial charge in [0.25, 0.3) is 0 Å². The molecule has 1 aromatic carbocycles. The van der Waals surface area contributed by atoms with Crippen LogP contribution >= 0.6 is 24.0 Å². The summed E-state index contributed by atoms with van der Waals surface area (Å²) in [6.45, 7) is 6.95. The van der Waals surface area contributed by atoms with Gasteiger partial charge in [0.2, 0.25) is 5.91 Å². The fourth-order valence-corrected chi connectivity index (χ4v) is 1.83. The molecule has 0 unspecified atom stereocenters. The lowest BCUT2D eigenvalue weighted by Crippen LogP contribution is -2.47. The Kier molecular flexibility index (Phi) is 9.78. The van der Waals surface area contributed by atoms with Gasteiger partial charge in [0.1, 0.15) is 5.82 Å². The summed E-state index contributed by atoms with van der Waals surface area (Å²) in [6.07, 6.45) is 0. The van der Waals surface area contributed by atoms with Crippen LogP contribution in [0.5, 0.6) is 0 Å². The van der Waals surface area contributed by atoms with Crippen molar-refractivity contribution in [3.8, 4) is 0 Å². The molecule has 0 aliphatic heterocycles. The van der Waals surface area contributed by atoms with Crippen molar-refractivity contribution in [3.63, 3.8) is 0 Å². The van der Waals surface area contributed by atoms with Crippen molar-refractivity contribution in [2.75, 3.05) is 20.1 Å². The molecule has 0 saturated heterocycles. The summed E-state index contributed by atoms with van der Waals surface area (Å²) in [6, 6.07) is 6.58. The van der Waals surface area contributed by atoms with Crippen molar-refractivity contribution in [1.82, 2.24) is 16.0 Å². The number of amides is 1. The second kappa shape index (κ2) is 10.4. The quantitative estimate of drug-likeness (QED) is 0.364. The predicted octanol–water partition coefficient (Wildman–Crippen LogP) is 2.27. The molecule has 0 saturated carbocycles. The molecular weight excluding hydrogens is 410 g/mol. The highest BCUT2D eigenvalue weighted by Gasteiger charge is 2.27. The number of nitrogens with one attached hydrogen (secondary N) is 3. The molecule has 0 atom stereocenters. The first-order chi connectivity index (χ1) is 10.4. The summed E-state index contributed by atoms with van der Waals surface area (Å²) in [5.41, 5.74) is -0.000495. The van der Waals surface area contributed by atoms with Gasteiger partial charge in [-0.25, -0.2) is 4.39 Å². The number of hydrogen-bond acceptors (Lipinski definition) is 2. The van der Waals surface area contributed by atoms with Gasteiger partial charge >= 0.3 is 0 Å². The number of guanidine groups is 1. The normalized spacial score (nSPS) is 11.4. The van der Waals surface area contributed by atoms with Crippen LogP contribution < -0.4 is 16.0 Å². The van der Waals surface area contributed by atoms with E-state index in [0.717, 1.165) is 0 Å². The Hall–Kier alpha value is -1.38. The van der Waals surface area contributed by atoms with Crippen LogP contribution in [0, 0.1) is 11.2 Å². The number of carbonyl (C=O) groups excluding carboxylic acids is 1. The van der Waals surface area contributed by atoms with Crippen LogP contribution in [0.15, 0.2) is 29.3 Å². The molecule has 1 rings (SSSR count). The van der Waals surface area contributed by atoms with Crippen molar-refractivity contribution in [2.45, 2.75) is 27.3 Å². The average molecular weight is 436 g/mol. The van der Waals surface area contributed by atoms with Crippen LogP contribution in [0.4, 0.5) is 4.39 Å². The molecule has 23 heavy (non-hydrogen) atoms. The first-order valence-electron chi connectivity index (χ1n) is 7.37. The van der Waals surface area contributed by atoms with Gasteiger partial charge in [-0.3, -0.25) is 9.79 Å². The number of aliphatic imine (C=N–C) groups is 1. The Bertz CT molecular complexity index is 535. The number of benzene rings is 1. The molecule has 5 nitrogen and oxygen atoms in total. The van der Waals surface area contributed by atoms with E-state index in [9.17, 15) is 9.18 Å². The number of carbonyl (C=O) groups is 1. The molecular formula is C16H26FIN4O. The minimum Gasteiger partial charge on any atom is -0.356 e. The van der Waals surface area contributed by atoms with Crippen molar-refractivity contribution < 1.29 is 9.18 Å². The molecule has 0 aliphatic rings. The third-order valence-electron chi connectivity index (χ3n) is 3.28. The monoisotopic (exact) mass is 436 g/mol. The second-order valence-corrected chi connectivity index (χ2v) is 5.61. The number of nitrogens with zero attached hydrogens (tertiary/aromatic N) is 1. The van der Waals surface area contributed by atoms with E-state index in [1.807, 2.05) is 20.8 Å². The molecule has 3 N–H and O–H groups in total. The molecule has 0 radical (unpaired) electrons. The van der Waals surface area contributed by atoms with Crippen LogP contribution in [0.2, 0.25) is 0 Å². The highest BCUT2D eigenvalue weighted by atomic mass is 127. The summed E-state index contributed by atoms with van der Waals surface area (Å²) in [7, 11) is 1.63. The van der Waals surface area contributed by atoms with Crippen LogP contribution in [0.25, 0.3) is 0 Å². The molecule has 0 aromatic heterocycles. The minimum absolute atomic E-state index is 0. The molecule has 7 heteroatoms. The van der Waals surface area contributed by atoms with Gasteiger partial charge in [0.15, 0.2) is 5.96 Å². The lowest BCUT2D eigenvalue weighted by Gasteiger charge is -2.24. The highest BCUT2D eigenvalue weighted by Crippen LogP contribution is 2.13. The number of halogens is 2. The van der Waals surface area contributed by atoms with Crippen LogP contribution in [0.1, 0.15) is 26.3 Å². The number of rotatable bonds is 6. The maximum absolute atomic E-state index is 13.6. The first kappa shape index (κ1) is 21.6. The van der Waals surface area contributed by atoms with Crippen molar-refractivity contribution in [2.24, 2.45) is 10.4 Å². The van der Waals surface area contributed by atoms with Crippen molar-refractivity contribution in [1.29, 1.82) is 0 Å². The number of hydrogen-bond donors (Lipinski definition) is 3. The maximum atomic E-state index is 13.6. The van der Waals surface area contributed by atoms with E-state index in [1.54, 1.807) is 25.2 Å². The molecule has 0 aliphatic carbocycles. The zero-order valence-electron chi connectivity index (χ0n) is 14.1. The first-order valence-corrected chi connectivity index (χ1v) is 7.37. The highest BCUT2D eigenvalue weighted by molar-refractivity contribution is 14.0. The van der Waals surface area contributed by atoms with E-state index < -0.39 is 5.41 Å². The van der Waals surface area contributed by atoms with Crippen LogP contribution in [0.3, 0.4) is 0 Å². The summed E-state index contributed by atoms with van der Waals surface area (Å²) in [5.74, 6) is 0.251. The van der Waals surface area contributed by atoms with E-state index in [0.29, 0.717) is 31.2 Å². The van der Waals surface area contributed by atoms with E-state index in [4.69, 9.17) is 0 Å². The van der Waals surface area contributed by atoms with E-state index in [2.05, 4.69) is 20.9 Å². The molecule has 0 bridgehead atoms. The van der Waals surface area contributed by atoms with Gasteiger partial charge in [0.05, 0.1) is 5.41 Å². The zero-order chi connectivity index (χ0) is 16.6. The Labute approximate surface area is 154 Å². The zero-order valence-corrected chi connectivity index (χ0v) is 16.4. The van der Waals surface area contributed by atoms with Gasteiger partial charge in [-0.15, -0.1) is 24.0 Å². The van der Waals surface area contributed by atoms with E-state index >= 15 is 0 Å². The molecule has 0 fully saturated rings. The van der Waals surface area contributed by atoms with Crippen molar-refractivity contribution in [3.05, 3.63) is 35.6 Å². The third kappa shape index (κ3) is 7.15. The smallest absolute Gasteiger partial charge is 0.227 e. The SMILES string of the molecule is CCNC(=O)C(C)(C)CNC(=NC)NCc1ccccc1F.I. The lowest BCUT2D eigenvalue weighted by molar-refractivity contribution is -0.128. The van der Waals surface area contributed by atoms with Gasteiger partial charge in [-0.1, -0.05) is 18.2 Å². The Morgan fingerprint density at radius 2 is 1.87 bits per heavy atom. The Morgan fingerprint density at radius 1 is 1.22 bits per heavy atom. The standard InChI is InChI=1S/C16H25FN4O.HI/c1-5-19-14(22)16(2,3)11-21-15(18-4)20-10-12-8-6-7-9-13(12)17;/h6-9H,5,10-11H2,1-4H3,(H,19,22)(H2,18,20,21);1H. The van der Waals surface area contributed by atoms with Gasteiger partial charge in [-0.05, 0) is 26.8 Å². The molecule has 0 heterocycles. The maximum Gasteiger partial charge on any atom is 0.227 e. The third-order valence-corrected chi connectivity index (χ3v) is 3.28. The van der Waals surface area contributed by atoms with E-state index in [-0.39, 0.29) is 35.7 Å². The molecule has 0 spiro atoms. The van der Waals surface area contributed by atoms with Crippen LogP contribution in [-0.4, -0.2) is 32.0 Å². The summed E-state index contributed by atoms with van der Waals surface area (Å²) < 4.78 is 13.6.